The van der Waals surface area contributed by atoms with Crippen LogP contribution in [0.15, 0.2) is 36.7 Å². The van der Waals surface area contributed by atoms with Crippen molar-refractivity contribution in [3.63, 3.8) is 0 Å². The zero-order chi connectivity index (χ0) is 13.8. The number of aromatic carboxylic acids is 1. The molecule has 0 spiro atoms. The molecular formula is C12H8ClN3O3. The van der Waals surface area contributed by atoms with Crippen molar-refractivity contribution in [2.24, 2.45) is 0 Å². The third kappa shape index (κ3) is 3.26. The first-order chi connectivity index (χ1) is 9.06. The lowest BCUT2D eigenvalue weighted by Crippen LogP contribution is -2.14. The van der Waals surface area contributed by atoms with Crippen LogP contribution in [-0.4, -0.2) is 27.0 Å². The molecule has 0 aliphatic carbocycles. The van der Waals surface area contributed by atoms with Gasteiger partial charge in [0.05, 0.1) is 16.9 Å². The Bertz CT molecular complexity index is 611. The Morgan fingerprint density at radius 2 is 1.74 bits per heavy atom. The van der Waals surface area contributed by atoms with Crippen LogP contribution in [0.25, 0.3) is 0 Å². The molecular weight excluding hydrogens is 270 g/mol. The summed E-state index contributed by atoms with van der Waals surface area (Å²) in [6.07, 6.45) is 2.62. The Hall–Kier alpha value is -2.47. The minimum absolute atomic E-state index is 0.0948. The number of amides is 1. The molecule has 0 aliphatic rings. The van der Waals surface area contributed by atoms with Gasteiger partial charge in [0.2, 0.25) is 0 Å². The number of anilines is 1. The van der Waals surface area contributed by atoms with E-state index in [1.165, 1.54) is 30.6 Å². The van der Waals surface area contributed by atoms with Crippen LogP contribution in [-0.2, 0) is 0 Å². The highest BCUT2D eigenvalue weighted by Gasteiger charge is 2.09. The fourth-order valence-corrected chi connectivity index (χ4v) is 1.41. The van der Waals surface area contributed by atoms with Gasteiger partial charge in [-0.25, -0.2) is 14.8 Å². The lowest BCUT2D eigenvalue weighted by Gasteiger charge is -2.04. The van der Waals surface area contributed by atoms with Gasteiger partial charge in [-0.05, 0) is 24.3 Å². The third-order valence-corrected chi connectivity index (χ3v) is 2.42. The van der Waals surface area contributed by atoms with Crippen LogP contribution in [0.4, 0.5) is 5.69 Å². The first-order valence-corrected chi connectivity index (χ1v) is 5.56. The molecule has 0 radical (unpaired) electrons. The summed E-state index contributed by atoms with van der Waals surface area (Å²) < 4.78 is 0. The lowest BCUT2D eigenvalue weighted by atomic mass is 10.3. The molecule has 0 aromatic carbocycles. The summed E-state index contributed by atoms with van der Waals surface area (Å²) in [7, 11) is 0. The molecule has 2 N–H and O–H groups in total. The Labute approximate surface area is 113 Å². The van der Waals surface area contributed by atoms with Gasteiger partial charge < -0.3 is 10.4 Å². The number of carboxylic acid groups (broad SMARTS) is 1. The first kappa shape index (κ1) is 13.0. The molecule has 0 atom stereocenters. The Kier molecular flexibility index (Phi) is 3.72. The maximum Gasteiger partial charge on any atom is 0.354 e. The second-order valence-electron chi connectivity index (χ2n) is 3.55. The lowest BCUT2D eigenvalue weighted by molar-refractivity contribution is 0.0690. The van der Waals surface area contributed by atoms with Crippen molar-refractivity contribution in [2.75, 3.05) is 5.32 Å². The first-order valence-electron chi connectivity index (χ1n) is 5.18. The number of halogens is 1. The normalized spacial score (nSPS) is 9.95. The van der Waals surface area contributed by atoms with Crippen LogP contribution in [0, 0.1) is 0 Å². The molecule has 0 saturated carbocycles. The summed E-state index contributed by atoms with van der Waals surface area (Å²) in [4.78, 5) is 29.9. The van der Waals surface area contributed by atoms with Crippen molar-refractivity contribution in [1.82, 2.24) is 9.97 Å². The molecule has 6 nitrogen and oxygen atoms in total. The van der Waals surface area contributed by atoms with E-state index < -0.39 is 11.9 Å². The van der Waals surface area contributed by atoms with Gasteiger partial charge in [-0.15, -0.1) is 0 Å². The molecule has 0 fully saturated rings. The molecule has 0 saturated heterocycles. The van der Waals surface area contributed by atoms with E-state index in [1.54, 1.807) is 6.07 Å². The van der Waals surface area contributed by atoms with Crippen LogP contribution >= 0.6 is 11.6 Å². The topological polar surface area (TPSA) is 92.2 Å². The summed E-state index contributed by atoms with van der Waals surface area (Å²) in [6, 6.07) is 5.78. The maximum absolute atomic E-state index is 11.8. The van der Waals surface area contributed by atoms with Gasteiger partial charge in [0.25, 0.3) is 5.91 Å². The molecule has 2 aromatic rings. The monoisotopic (exact) mass is 277 g/mol. The van der Waals surface area contributed by atoms with Gasteiger partial charge in [-0.2, -0.15) is 0 Å². The van der Waals surface area contributed by atoms with Crippen LogP contribution in [0.1, 0.15) is 21.0 Å². The Balaban J connectivity index is 2.10. The highest BCUT2D eigenvalue weighted by Crippen LogP contribution is 2.10. The molecule has 0 unspecified atom stereocenters. The molecule has 0 aliphatic heterocycles. The number of nitrogens with zero attached hydrogens (tertiary/aromatic N) is 2. The van der Waals surface area contributed by atoms with E-state index >= 15 is 0 Å². The van der Waals surface area contributed by atoms with E-state index in [-0.39, 0.29) is 11.4 Å². The number of carbonyl (C=O) groups is 2. The third-order valence-electron chi connectivity index (χ3n) is 2.20. The standard InChI is InChI=1S/C12H8ClN3O3/c13-7-1-3-9(14-5-7)11(17)16-8-2-4-10(12(18)19)15-6-8/h1-6H,(H,16,17)(H,18,19). The van der Waals surface area contributed by atoms with Gasteiger partial charge in [0.15, 0.2) is 0 Å². The van der Waals surface area contributed by atoms with Gasteiger partial charge in [-0.1, -0.05) is 11.6 Å². The molecule has 96 valence electrons. The summed E-state index contributed by atoms with van der Waals surface area (Å²) in [5, 5.41) is 11.7. The largest absolute Gasteiger partial charge is 0.477 e. The quantitative estimate of drug-likeness (QED) is 0.896. The second-order valence-corrected chi connectivity index (χ2v) is 3.99. The summed E-state index contributed by atoms with van der Waals surface area (Å²) in [5.74, 6) is -1.56. The van der Waals surface area contributed by atoms with Crippen molar-refractivity contribution in [2.45, 2.75) is 0 Å². The molecule has 1 amide bonds. The zero-order valence-electron chi connectivity index (χ0n) is 9.50. The van der Waals surface area contributed by atoms with E-state index in [0.29, 0.717) is 10.7 Å². The summed E-state index contributed by atoms with van der Waals surface area (Å²) >= 11 is 5.66. The van der Waals surface area contributed by atoms with Gasteiger partial charge >= 0.3 is 5.97 Å². The molecule has 7 heteroatoms. The maximum atomic E-state index is 11.8. The van der Waals surface area contributed by atoms with Gasteiger partial charge in [-0.3, -0.25) is 4.79 Å². The number of carbonyl (C=O) groups excluding carboxylic acids is 1. The summed E-state index contributed by atoms with van der Waals surface area (Å²) in [6.45, 7) is 0. The van der Waals surface area contributed by atoms with E-state index in [1.807, 2.05) is 0 Å². The average Bonchev–Trinajstić information content (AvgIpc) is 2.40. The highest BCUT2D eigenvalue weighted by atomic mass is 35.5. The van der Waals surface area contributed by atoms with Crippen molar-refractivity contribution in [3.05, 3.63) is 53.1 Å². The molecule has 0 bridgehead atoms. The highest BCUT2D eigenvalue weighted by molar-refractivity contribution is 6.30. The fourth-order valence-electron chi connectivity index (χ4n) is 1.30. The predicted molar refractivity (Wildman–Crippen MR) is 68.4 cm³/mol. The number of nitrogens with one attached hydrogen (secondary N) is 1. The van der Waals surface area contributed by atoms with Crippen LogP contribution in [0.3, 0.4) is 0 Å². The van der Waals surface area contributed by atoms with Crippen molar-refractivity contribution in [1.29, 1.82) is 0 Å². The number of pyridine rings is 2. The molecule has 2 aromatic heterocycles. The number of carboxylic acids is 1. The van der Waals surface area contributed by atoms with Gasteiger partial charge in [0, 0.05) is 6.20 Å². The second kappa shape index (κ2) is 5.45. The van der Waals surface area contributed by atoms with E-state index in [4.69, 9.17) is 16.7 Å². The molecule has 2 rings (SSSR count). The molecule has 19 heavy (non-hydrogen) atoms. The van der Waals surface area contributed by atoms with Crippen molar-refractivity contribution in [3.8, 4) is 0 Å². The van der Waals surface area contributed by atoms with Crippen molar-refractivity contribution < 1.29 is 14.7 Å². The van der Waals surface area contributed by atoms with Crippen molar-refractivity contribution >= 4 is 29.2 Å². The van der Waals surface area contributed by atoms with E-state index in [2.05, 4.69) is 15.3 Å². The van der Waals surface area contributed by atoms with E-state index in [0.717, 1.165) is 0 Å². The average molecular weight is 278 g/mol. The van der Waals surface area contributed by atoms with Crippen LogP contribution < -0.4 is 5.32 Å². The molecule has 2 heterocycles. The fraction of sp³-hybridized carbons (Fsp3) is 0. The van der Waals surface area contributed by atoms with Crippen LogP contribution in [0.5, 0.6) is 0 Å². The number of aromatic nitrogens is 2. The Morgan fingerprint density at radius 1 is 1.05 bits per heavy atom. The number of rotatable bonds is 3. The minimum atomic E-state index is -1.13. The van der Waals surface area contributed by atoms with Crippen LogP contribution in [0.2, 0.25) is 5.02 Å². The Morgan fingerprint density at radius 3 is 2.26 bits per heavy atom. The number of hydrogen-bond donors (Lipinski definition) is 2. The minimum Gasteiger partial charge on any atom is -0.477 e. The smallest absolute Gasteiger partial charge is 0.354 e. The predicted octanol–water partition coefficient (Wildman–Crippen LogP) is 2.08. The zero-order valence-corrected chi connectivity index (χ0v) is 10.3. The van der Waals surface area contributed by atoms with Gasteiger partial charge in [0.1, 0.15) is 11.4 Å². The van der Waals surface area contributed by atoms with E-state index in [9.17, 15) is 9.59 Å². The summed E-state index contributed by atoms with van der Waals surface area (Å²) in [5.41, 5.74) is 0.487. The SMILES string of the molecule is O=C(O)c1ccc(NC(=O)c2ccc(Cl)cn2)cn1. The number of hydrogen-bond acceptors (Lipinski definition) is 4.